The van der Waals surface area contributed by atoms with E-state index in [1.54, 1.807) is 36.3 Å². The van der Waals surface area contributed by atoms with Gasteiger partial charge in [0.2, 0.25) is 5.91 Å². The molecule has 0 bridgehead atoms. The zero-order valence-electron chi connectivity index (χ0n) is 15.3. The number of amides is 2. The predicted molar refractivity (Wildman–Crippen MR) is 99.3 cm³/mol. The van der Waals surface area contributed by atoms with Crippen LogP contribution in [0.3, 0.4) is 0 Å². The lowest BCUT2D eigenvalue weighted by molar-refractivity contribution is -0.127. The van der Waals surface area contributed by atoms with Crippen molar-refractivity contribution < 1.29 is 14.3 Å². The Morgan fingerprint density at radius 1 is 1.28 bits per heavy atom. The van der Waals surface area contributed by atoms with Crippen molar-refractivity contribution in [3.63, 3.8) is 0 Å². The Balaban J connectivity index is 1.93. The molecule has 1 aliphatic rings. The van der Waals surface area contributed by atoms with Crippen LogP contribution < -0.4 is 5.32 Å². The van der Waals surface area contributed by atoms with Crippen molar-refractivity contribution >= 4 is 17.9 Å². The van der Waals surface area contributed by atoms with Gasteiger partial charge in [-0.2, -0.15) is 0 Å². The molecule has 5 nitrogen and oxygen atoms in total. The Morgan fingerprint density at radius 2 is 1.96 bits per heavy atom. The van der Waals surface area contributed by atoms with Gasteiger partial charge in [-0.1, -0.05) is 26.0 Å². The first kappa shape index (κ1) is 19.2. The highest BCUT2D eigenvalue weighted by molar-refractivity contribution is 5.95. The summed E-state index contributed by atoms with van der Waals surface area (Å²) in [5.74, 6) is 0.344. The largest absolute Gasteiger partial charge is 0.383 e. The van der Waals surface area contributed by atoms with Crippen molar-refractivity contribution in [2.24, 2.45) is 5.92 Å². The second-order valence-electron chi connectivity index (χ2n) is 6.87. The van der Waals surface area contributed by atoms with Crippen LogP contribution in [0.25, 0.3) is 6.08 Å². The van der Waals surface area contributed by atoms with E-state index in [2.05, 4.69) is 19.2 Å². The number of methoxy groups -OCH3 is 1. The molecule has 0 radical (unpaired) electrons. The summed E-state index contributed by atoms with van der Waals surface area (Å²) in [6.45, 7) is 5.98. The maximum atomic E-state index is 12.4. The molecule has 2 rings (SSSR count). The van der Waals surface area contributed by atoms with Crippen LogP contribution in [0, 0.1) is 5.92 Å². The van der Waals surface area contributed by atoms with E-state index >= 15 is 0 Å². The van der Waals surface area contributed by atoms with Crippen LogP contribution in [-0.4, -0.2) is 49.6 Å². The average Bonchev–Trinajstić information content (AvgIpc) is 3.40. The third-order valence-corrected chi connectivity index (χ3v) is 3.97. The normalized spacial score (nSPS) is 14.1. The molecule has 136 valence electrons. The molecule has 1 aliphatic carbocycles. The SMILES string of the molecule is COCCN(CC(C)C)C(=O)/C=C/c1ccc(C(=O)NC2CC2)cc1. The number of carbonyl (C=O) groups excluding carboxylic acids is 2. The third-order valence-electron chi connectivity index (χ3n) is 3.97. The summed E-state index contributed by atoms with van der Waals surface area (Å²) in [6, 6.07) is 7.64. The Labute approximate surface area is 150 Å². The highest BCUT2D eigenvalue weighted by Crippen LogP contribution is 2.19. The molecule has 0 aliphatic heterocycles. The van der Waals surface area contributed by atoms with Gasteiger partial charge in [0.05, 0.1) is 6.61 Å². The van der Waals surface area contributed by atoms with Crippen molar-refractivity contribution in [3.8, 4) is 0 Å². The maximum absolute atomic E-state index is 12.4. The van der Waals surface area contributed by atoms with E-state index in [0.717, 1.165) is 18.4 Å². The van der Waals surface area contributed by atoms with Gasteiger partial charge in [-0.25, -0.2) is 0 Å². The van der Waals surface area contributed by atoms with E-state index in [9.17, 15) is 9.59 Å². The predicted octanol–water partition coefficient (Wildman–Crippen LogP) is 2.72. The molecule has 0 aromatic heterocycles. The molecule has 1 aromatic carbocycles. The third kappa shape index (κ3) is 6.70. The van der Waals surface area contributed by atoms with E-state index < -0.39 is 0 Å². The molecule has 0 unspecified atom stereocenters. The summed E-state index contributed by atoms with van der Waals surface area (Å²) in [4.78, 5) is 26.1. The smallest absolute Gasteiger partial charge is 0.251 e. The van der Waals surface area contributed by atoms with Crippen molar-refractivity contribution in [3.05, 3.63) is 41.5 Å². The van der Waals surface area contributed by atoms with Gasteiger partial charge in [-0.3, -0.25) is 9.59 Å². The van der Waals surface area contributed by atoms with Gasteiger partial charge in [-0.15, -0.1) is 0 Å². The number of rotatable bonds is 9. The summed E-state index contributed by atoms with van der Waals surface area (Å²) in [5.41, 5.74) is 1.55. The van der Waals surface area contributed by atoms with Crippen LogP contribution in [0.5, 0.6) is 0 Å². The van der Waals surface area contributed by atoms with Gasteiger partial charge in [0.25, 0.3) is 5.91 Å². The first-order valence-corrected chi connectivity index (χ1v) is 8.86. The Morgan fingerprint density at radius 3 is 2.52 bits per heavy atom. The molecule has 0 spiro atoms. The average molecular weight is 344 g/mol. The fraction of sp³-hybridized carbons (Fsp3) is 0.500. The van der Waals surface area contributed by atoms with Crippen LogP contribution in [0.4, 0.5) is 0 Å². The summed E-state index contributed by atoms with van der Waals surface area (Å²) in [5, 5.41) is 2.96. The molecular formula is C20H28N2O3. The quantitative estimate of drug-likeness (QED) is 0.701. The fourth-order valence-corrected chi connectivity index (χ4v) is 2.45. The molecular weight excluding hydrogens is 316 g/mol. The summed E-state index contributed by atoms with van der Waals surface area (Å²) in [6.07, 6.45) is 5.51. The zero-order valence-corrected chi connectivity index (χ0v) is 15.3. The minimum absolute atomic E-state index is 0.0266. The van der Waals surface area contributed by atoms with Crippen molar-refractivity contribution in [1.29, 1.82) is 0 Å². The van der Waals surface area contributed by atoms with Crippen molar-refractivity contribution in [1.82, 2.24) is 10.2 Å². The van der Waals surface area contributed by atoms with Gasteiger partial charge in [0.15, 0.2) is 0 Å². The number of nitrogens with one attached hydrogen (secondary N) is 1. The summed E-state index contributed by atoms with van der Waals surface area (Å²) < 4.78 is 5.08. The van der Waals surface area contributed by atoms with E-state index in [4.69, 9.17) is 4.74 Å². The fourth-order valence-electron chi connectivity index (χ4n) is 2.45. The highest BCUT2D eigenvalue weighted by atomic mass is 16.5. The lowest BCUT2D eigenvalue weighted by atomic mass is 10.1. The number of benzene rings is 1. The summed E-state index contributed by atoms with van der Waals surface area (Å²) >= 11 is 0. The lowest BCUT2D eigenvalue weighted by Gasteiger charge is -2.22. The van der Waals surface area contributed by atoms with Crippen LogP contribution in [0.2, 0.25) is 0 Å². The lowest BCUT2D eigenvalue weighted by Crippen LogP contribution is -2.35. The van der Waals surface area contributed by atoms with E-state index in [0.29, 0.717) is 37.2 Å². The first-order valence-electron chi connectivity index (χ1n) is 8.86. The molecule has 5 heteroatoms. The first-order chi connectivity index (χ1) is 12.0. The highest BCUT2D eigenvalue weighted by Gasteiger charge is 2.23. The molecule has 25 heavy (non-hydrogen) atoms. The minimum atomic E-state index is -0.0308. The molecule has 0 atom stereocenters. The van der Waals surface area contributed by atoms with Gasteiger partial charge in [0, 0.05) is 37.9 Å². The zero-order chi connectivity index (χ0) is 18.2. The van der Waals surface area contributed by atoms with Crippen molar-refractivity contribution in [2.45, 2.75) is 32.7 Å². The van der Waals surface area contributed by atoms with E-state index in [1.165, 1.54) is 0 Å². The second kappa shape index (κ2) is 9.37. The molecule has 0 saturated heterocycles. The topological polar surface area (TPSA) is 58.6 Å². The molecule has 1 fully saturated rings. The number of hydrogen-bond donors (Lipinski definition) is 1. The Kier molecular flexibility index (Phi) is 7.19. The molecule has 1 saturated carbocycles. The molecule has 0 heterocycles. The van der Waals surface area contributed by atoms with Gasteiger partial charge in [-0.05, 0) is 42.5 Å². The van der Waals surface area contributed by atoms with Gasteiger partial charge in [0.1, 0.15) is 0 Å². The second-order valence-corrected chi connectivity index (χ2v) is 6.87. The number of ether oxygens (including phenoxy) is 1. The standard InChI is InChI=1S/C20H28N2O3/c1-15(2)14-22(12-13-25-3)19(23)11-6-16-4-7-17(8-5-16)20(24)21-18-9-10-18/h4-8,11,15,18H,9-10,12-14H2,1-3H3,(H,21,24)/b11-6+. The maximum Gasteiger partial charge on any atom is 0.251 e. The van der Waals surface area contributed by atoms with Crippen LogP contribution in [0.15, 0.2) is 30.3 Å². The van der Waals surface area contributed by atoms with Crippen LogP contribution in [-0.2, 0) is 9.53 Å². The van der Waals surface area contributed by atoms with Crippen LogP contribution >= 0.6 is 0 Å². The van der Waals surface area contributed by atoms with Gasteiger partial charge >= 0.3 is 0 Å². The van der Waals surface area contributed by atoms with Gasteiger partial charge < -0.3 is 15.0 Å². The van der Waals surface area contributed by atoms with E-state index in [1.807, 2.05) is 12.1 Å². The Bertz CT molecular complexity index is 604. The molecule has 1 aromatic rings. The number of carbonyl (C=O) groups is 2. The molecule has 1 N–H and O–H groups in total. The monoisotopic (exact) mass is 344 g/mol. The Hall–Kier alpha value is -2.14. The van der Waals surface area contributed by atoms with E-state index in [-0.39, 0.29) is 11.8 Å². The molecule has 2 amide bonds. The summed E-state index contributed by atoms with van der Waals surface area (Å²) in [7, 11) is 1.63. The minimum Gasteiger partial charge on any atom is -0.383 e. The van der Waals surface area contributed by atoms with Crippen LogP contribution in [0.1, 0.15) is 42.6 Å². The van der Waals surface area contributed by atoms with Crippen molar-refractivity contribution in [2.75, 3.05) is 26.8 Å². The number of hydrogen-bond acceptors (Lipinski definition) is 3. The number of nitrogens with zero attached hydrogens (tertiary/aromatic N) is 1.